The Hall–Kier alpha value is -2.05. The molecule has 6 heteroatoms. The summed E-state index contributed by atoms with van der Waals surface area (Å²) in [6, 6.07) is 6.08. The number of nitrogens with zero attached hydrogens (tertiary/aromatic N) is 2. The summed E-state index contributed by atoms with van der Waals surface area (Å²) in [5.41, 5.74) is 3.38. The van der Waals surface area contributed by atoms with Crippen molar-refractivity contribution in [3.05, 3.63) is 30.0 Å². The molecule has 1 aromatic heterocycles. The van der Waals surface area contributed by atoms with Gasteiger partial charge in [0.15, 0.2) is 11.5 Å². The summed E-state index contributed by atoms with van der Waals surface area (Å²) >= 11 is 0. The van der Waals surface area contributed by atoms with Crippen molar-refractivity contribution < 1.29 is 14.2 Å². The number of nitrogens with one attached hydrogen (secondary N) is 1. The summed E-state index contributed by atoms with van der Waals surface area (Å²) in [6.07, 6.45) is 4.34. The number of H-pyrrole nitrogens is 1. The minimum Gasteiger partial charge on any atom is -0.486 e. The van der Waals surface area contributed by atoms with Gasteiger partial charge in [0.1, 0.15) is 13.2 Å². The van der Waals surface area contributed by atoms with Gasteiger partial charge in [0.05, 0.1) is 11.9 Å². The molecule has 0 unspecified atom stereocenters. The van der Waals surface area contributed by atoms with Gasteiger partial charge in [-0.2, -0.15) is 5.10 Å². The topological polar surface area (TPSA) is 59.6 Å². The van der Waals surface area contributed by atoms with Gasteiger partial charge in [0, 0.05) is 31.4 Å². The fourth-order valence-electron chi connectivity index (χ4n) is 3.67. The lowest BCUT2D eigenvalue weighted by molar-refractivity contribution is 0.0969. The Balaban J connectivity index is 1.46. The van der Waals surface area contributed by atoms with E-state index in [-0.39, 0.29) is 0 Å². The molecule has 0 bridgehead atoms. The van der Waals surface area contributed by atoms with E-state index in [1.54, 1.807) is 7.11 Å². The molecule has 2 aliphatic rings. The predicted octanol–water partition coefficient (Wildman–Crippen LogP) is 2.71. The van der Waals surface area contributed by atoms with Crippen molar-refractivity contribution >= 4 is 0 Å². The zero-order valence-corrected chi connectivity index (χ0v) is 14.7. The number of benzene rings is 1. The Kier molecular flexibility index (Phi) is 4.90. The van der Waals surface area contributed by atoms with Crippen LogP contribution in [0.2, 0.25) is 0 Å². The van der Waals surface area contributed by atoms with Crippen molar-refractivity contribution in [2.24, 2.45) is 5.92 Å². The molecule has 6 nitrogen and oxygen atoms in total. The monoisotopic (exact) mass is 343 g/mol. The summed E-state index contributed by atoms with van der Waals surface area (Å²) in [5.74, 6) is 2.32. The smallest absolute Gasteiger partial charge is 0.162 e. The summed E-state index contributed by atoms with van der Waals surface area (Å²) < 4.78 is 16.6. The Labute approximate surface area is 148 Å². The third-order valence-electron chi connectivity index (χ3n) is 5.05. The molecule has 0 saturated carbocycles. The Morgan fingerprint density at radius 1 is 1.20 bits per heavy atom. The molecule has 0 atom stereocenters. The molecule has 0 spiro atoms. The third kappa shape index (κ3) is 3.65. The fourth-order valence-corrected chi connectivity index (χ4v) is 3.67. The Bertz CT molecular complexity index is 708. The molecule has 1 fully saturated rings. The van der Waals surface area contributed by atoms with Crippen LogP contribution in [-0.4, -0.2) is 55.1 Å². The van der Waals surface area contributed by atoms with E-state index in [1.165, 1.54) is 18.4 Å². The van der Waals surface area contributed by atoms with Crippen LogP contribution < -0.4 is 9.47 Å². The van der Waals surface area contributed by atoms with Gasteiger partial charge < -0.3 is 14.2 Å². The molecule has 0 radical (unpaired) electrons. The van der Waals surface area contributed by atoms with Gasteiger partial charge in [0.25, 0.3) is 0 Å². The fraction of sp³-hybridized carbons (Fsp3) is 0.526. The molecule has 0 amide bonds. The van der Waals surface area contributed by atoms with E-state index in [4.69, 9.17) is 14.2 Å². The lowest BCUT2D eigenvalue weighted by Crippen LogP contribution is -2.34. The van der Waals surface area contributed by atoms with Crippen molar-refractivity contribution in [1.82, 2.24) is 15.1 Å². The van der Waals surface area contributed by atoms with Crippen molar-refractivity contribution in [2.45, 2.75) is 19.4 Å². The SMILES string of the molecule is COCC1CCN(Cc2cn[nH]c2-c2ccc3c(c2)OCCO3)CC1. The van der Waals surface area contributed by atoms with Crippen LogP contribution in [0, 0.1) is 5.92 Å². The molecule has 1 aromatic carbocycles. The molecule has 1 N–H and O–H groups in total. The zero-order chi connectivity index (χ0) is 17.1. The molecular weight excluding hydrogens is 318 g/mol. The molecular formula is C19H25N3O3. The second kappa shape index (κ2) is 7.45. The molecule has 4 rings (SSSR count). The van der Waals surface area contributed by atoms with Crippen molar-refractivity contribution in [1.29, 1.82) is 0 Å². The molecule has 2 aromatic rings. The second-order valence-corrected chi connectivity index (χ2v) is 6.80. The average molecular weight is 343 g/mol. The maximum Gasteiger partial charge on any atom is 0.162 e. The highest BCUT2D eigenvalue weighted by Gasteiger charge is 2.21. The zero-order valence-electron chi connectivity index (χ0n) is 14.7. The first kappa shape index (κ1) is 16.4. The van der Waals surface area contributed by atoms with E-state index < -0.39 is 0 Å². The van der Waals surface area contributed by atoms with Crippen LogP contribution in [0.25, 0.3) is 11.3 Å². The Morgan fingerprint density at radius 2 is 2.00 bits per heavy atom. The summed E-state index contributed by atoms with van der Waals surface area (Å²) in [4.78, 5) is 2.50. The van der Waals surface area contributed by atoms with Crippen molar-refractivity contribution in [3.63, 3.8) is 0 Å². The average Bonchev–Trinajstić information content (AvgIpc) is 3.11. The molecule has 3 heterocycles. The molecule has 2 aliphatic heterocycles. The molecule has 1 saturated heterocycles. The van der Waals surface area contributed by atoms with Gasteiger partial charge in [0.2, 0.25) is 0 Å². The molecule has 134 valence electrons. The molecule has 25 heavy (non-hydrogen) atoms. The first-order valence-electron chi connectivity index (χ1n) is 8.97. The van der Waals surface area contributed by atoms with E-state index in [1.807, 2.05) is 18.3 Å². The first-order chi connectivity index (χ1) is 12.3. The third-order valence-corrected chi connectivity index (χ3v) is 5.05. The lowest BCUT2D eigenvalue weighted by atomic mass is 9.97. The van der Waals surface area contributed by atoms with Gasteiger partial charge in [-0.05, 0) is 50.0 Å². The highest BCUT2D eigenvalue weighted by Crippen LogP contribution is 2.35. The summed E-state index contributed by atoms with van der Waals surface area (Å²) in [7, 11) is 1.79. The van der Waals surface area contributed by atoms with E-state index in [0.717, 1.165) is 49.0 Å². The number of hydrogen-bond acceptors (Lipinski definition) is 5. The van der Waals surface area contributed by atoms with Crippen LogP contribution in [0.3, 0.4) is 0 Å². The van der Waals surface area contributed by atoms with E-state index in [2.05, 4.69) is 21.2 Å². The van der Waals surface area contributed by atoms with Crippen LogP contribution in [-0.2, 0) is 11.3 Å². The Morgan fingerprint density at radius 3 is 2.80 bits per heavy atom. The predicted molar refractivity (Wildman–Crippen MR) is 94.9 cm³/mol. The number of methoxy groups -OCH3 is 1. The maximum absolute atomic E-state index is 5.71. The van der Waals surface area contributed by atoms with Gasteiger partial charge in [-0.25, -0.2) is 0 Å². The number of hydrogen-bond donors (Lipinski definition) is 1. The second-order valence-electron chi connectivity index (χ2n) is 6.80. The van der Waals surface area contributed by atoms with Gasteiger partial charge >= 0.3 is 0 Å². The van der Waals surface area contributed by atoms with E-state index >= 15 is 0 Å². The van der Waals surface area contributed by atoms with Crippen LogP contribution in [0.15, 0.2) is 24.4 Å². The minimum atomic E-state index is 0.600. The number of likely N-dealkylation sites (tertiary alicyclic amines) is 1. The van der Waals surface area contributed by atoms with Gasteiger partial charge in [-0.3, -0.25) is 10.00 Å². The van der Waals surface area contributed by atoms with Crippen molar-refractivity contribution in [2.75, 3.05) is 40.0 Å². The maximum atomic E-state index is 5.71. The van der Waals surface area contributed by atoms with Crippen LogP contribution in [0.4, 0.5) is 0 Å². The highest BCUT2D eigenvalue weighted by atomic mass is 16.6. The number of ether oxygens (including phenoxy) is 3. The van der Waals surface area contributed by atoms with Gasteiger partial charge in [-0.15, -0.1) is 0 Å². The number of aromatic nitrogens is 2. The standard InChI is InChI=1S/C19H25N3O3/c1-23-13-14-4-6-22(7-5-14)12-16-11-20-21-19(16)15-2-3-17-18(10-15)25-9-8-24-17/h2-3,10-11,14H,4-9,12-13H2,1H3,(H,20,21). The number of aromatic amines is 1. The first-order valence-corrected chi connectivity index (χ1v) is 8.97. The lowest BCUT2D eigenvalue weighted by Gasteiger charge is -2.31. The summed E-state index contributed by atoms with van der Waals surface area (Å²) in [6.45, 7) is 5.23. The largest absolute Gasteiger partial charge is 0.486 e. The van der Waals surface area contributed by atoms with Gasteiger partial charge in [-0.1, -0.05) is 0 Å². The van der Waals surface area contributed by atoms with Crippen LogP contribution in [0.5, 0.6) is 11.5 Å². The highest BCUT2D eigenvalue weighted by molar-refractivity contribution is 5.66. The van der Waals surface area contributed by atoms with Crippen LogP contribution >= 0.6 is 0 Å². The van der Waals surface area contributed by atoms with E-state index in [0.29, 0.717) is 19.1 Å². The summed E-state index contributed by atoms with van der Waals surface area (Å²) in [5, 5.41) is 7.43. The minimum absolute atomic E-state index is 0.600. The van der Waals surface area contributed by atoms with E-state index in [9.17, 15) is 0 Å². The number of rotatable bonds is 5. The normalized spacial score (nSPS) is 18.4. The quantitative estimate of drug-likeness (QED) is 0.904. The van der Waals surface area contributed by atoms with Crippen molar-refractivity contribution in [3.8, 4) is 22.8 Å². The van der Waals surface area contributed by atoms with Crippen LogP contribution in [0.1, 0.15) is 18.4 Å². The molecule has 0 aliphatic carbocycles. The number of piperidine rings is 1. The number of fused-ring (bicyclic) bond motifs is 1.